The summed E-state index contributed by atoms with van der Waals surface area (Å²) in [5.74, 6) is -3.11. The van der Waals surface area contributed by atoms with Crippen LogP contribution < -0.4 is 19.6 Å². The molecule has 0 amide bonds. The fourth-order valence-electron chi connectivity index (χ4n) is 5.21. The zero-order valence-electron chi connectivity index (χ0n) is 25.3. The maximum atomic E-state index is 14.0. The molecule has 262 valence electrons. The summed E-state index contributed by atoms with van der Waals surface area (Å²) in [5, 5.41) is 92.2. The van der Waals surface area contributed by atoms with Crippen molar-refractivity contribution in [3.63, 3.8) is 0 Å². The number of esters is 1. The van der Waals surface area contributed by atoms with E-state index in [4.69, 9.17) is 32.8 Å². The Labute approximate surface area is 270 Å². The molecule has 2 aliphatic rings. The number of aromatic hydroxyl groups is 2. The first-order valence-corrected chi connectivity index (χ1v) is 14.4. The van der Waals surface area contributed by atoms with Crippen molar-refractivity contribution in [2.45, 2.75) is 68.3 Å². The summed E-state index contributed by atoms with van der Waals surface area (Å²) in [6.45, 7) is -0.183. The van der Waals surface area contributed by atoms with Gasteiger partial charge in [0.05, 0.1) is 13.7 Å². The van der Waals surface area contributed by atoms with Crippen molar-refractivity contribution in [1.82, 2.24) is 0 Å². The summed E-state index contributed by atoms with van der Waals surface area (Å²) >= 11 is 0. The number of ether oxygens (including phenoxy) is 6. The maximum Gasteiger partial charge on any atom is 0.302 e. The number of rotatable bonds is 9. The molecule has 10 atom stereocenters. The molecule has 0 unspecified atom stereocenters. The molecule has 2 saturated heterocycles. The van der Waals surface area contributed by atoms with Gasteiger partial charge >= 0.3 is 5.97 Å². The van der Waals surface area contributed by atoms with Gasteiger partial charge < -0.3 is 78.8 Å². The lowest BCUT2D eigenvalue weighted by atomic mass is 9.99. The summed E-state index contributed by atoms with van der Waals surface area (Å²) in [7, 11) is 1.26. The Balaban J connectivity index is 1.59. The number of fused-ring (bicyclic) bond motifs is 1. The lowest BCUT2D eigenvalue weighted by Crippen LogP contribution is -2.60. The monoisotopic (exact) mass is 682 g/mol. The number of benzene rings is 2. The van der Waals surface area contributed by atoms with Crippen LogP contribution in [0.4, 0.5) is 0 Å². The van der Waals surface area contributed by atoms with Crippen LogP contribution in [0.25, 0.3) is 22.3 Å². The molecule has 48 heavy (non-hydrogen) atoms. The van der Waals surface area contributed by atoms with E-state index >= 15 is 0 Å². The minimum atomic E-state index is -1.95. The number of phenolic OH excluding ortho intramolecular Hbond substituents is 2. The Morgan fingerprint density at radius 2 is 1.44 bits per heavy atom. The molecule has 2 aromatic carbocycles. The Hall–Kier alpha value is -4.24. The average molecular weight is 683 g/mol. The van der Waals surface area contributed by atoms with E-state index in [1.807, 2.05) is 0 Å². The fourth-order valence-corrected chi connectivity index (χ4v) is 5.21. The van der Waals surface area contributed by atoms with Gasteiger partial charge in [-0.05, 0) is 18.2 Å². The Morgan fingerprint density at radius 1 is 0.812 bits per heavy atom. The van der Waals surface area contributed by atoms with Crippen LogP contribution in [0.15, 0.2) is 39.5 Å². The van der Waals surface area contributed by atoms with Crippen LogP contribution in [-0.2, 0) is 19.0 Å². The third kappa shape index (κ3) is 6.70. The molecule has 3 heterocycles. The number of hydrogen-bond acceptors (Lipinski definition) is 18. The molecule has 3 aromatic rings. The summed E-state index contributed by atoms with van der Waals surface area (Å²) in [4.78, 5) is 25.3. The highest BCUT2D eigenvalue weighted by Crippen LogP contribution is 2.40. The Morgan fingerprint density at radius 3 is 2.06 bits per heavy atom. The zero-order chi connectivity index (χ0) is 35.0. The van der Waals surface area contributed by atoms with Crippen molar-refractivity contribution in [1.29, 1.82) is 0 Å². The number of methoxy groups -OCH3 is 1. The first kappa shape index (κ1) is 35.1. The summed E-state index contributed by atoms with van der Waals surface area (Å²) in [5.41, 5.74) is -1.31. The number of hydrogen-bond donors (Lipinski definition) is 9. The van der Waals surface area contributed by atoms with E-state index in [0.29, 0.717) is 0 Å². The van der Waals surface area contributed by atoms with Crippen molar-refractivity contribution in [2.24, 2.45) is 0 Å². The molecule has 0 saturated carbocycles. The van der Waals surface area contributed by atoms with Crippen LogP contribution in [0.3, 0.4) is 0 Å². The molecule has 2 aliphatic heterocycles. The third-order valence-corrected chi connectivity index (χ3v) is 7.80. The minimum Gasteiger partial charge on any atom is -0.507 e. The van der Waals surface area contributed by atoms with E-state index in [1.165, 1.54) is 25.3 Å². The molecule has 1 aromatic heterocycles. The van der Waals surface area contributed by atoms with Gasteiger partial charge in [0.1, 0.15) is 77.9 Å². The second kappa shape index (κ2) is 14.1. The first-order valence-electron chi connectivity index (χ1n) is 14.4. The van der Waals surface area contributed by atoms with Gasteiger partial charge in [-0.3, -0.25) is 9.59 Å². The minimum absolute atomic E-state index is 0.0562. The molecule has 2 fully saturated rings. The van der Waals surface area contributed by atoms with Gasteiger partial charge in [-0.15, -0.1) is 0 Å². The van der Waals surface area contributed by atoms with Crippen LogP contribution in [0.1, 0.15) is 6.92 Å². The Bertz CT molecular complexity index is 1690. The van der Waals surface area contributed by atoms with E-state index in [0.717, 1.165) is 19.1 Å². The fraction of sp³-hybridized carbons (Fsp3) is 0.467. The SMILES string of the molecule is COc1cc(-c2oc3cc(O[C@@H]4O[C@H](CO)[C@@H](O)[C@H](O)[C@H]4O)cc(O)c3c(=O)c2O[C@@H]2O[C@H](COC(C)=O)[C@@H](O)[C@H](O)[C@H]2O)ccc1O. The lowest BCUT2D eigenvalue weighted by molar-refractivity contribution is -0.278. The topological polar surface area (TPSA) is 285 Å². The molecular formula is C30H34O18. The molecule has 5 rings (SSSR count). The summed E-state index contributed by atoms with van der Waals surface area (Å²) in [6, 6.07) is 5.84. The van der Waals surface area contributed by atoms with Crippen LogP contribution in [0.2, 0.25) is 0 Å². The number of phenols is 2. The van der Waals surface area contributed by atoms with Gasteiger partial charge in [0.15, 0.2) is 17.3 Å². The van der Waals surface area contributed by atoms with Crippen LogP contribution in [0.5, 0.6) is 28.7 Å². The number of carbonyl (C=O) groups excluding carboxylic acids is 1. The quantitative estimate of drug-likeness (QED) is 0.108. The van der Waals surface area contributed by atoms with Crippen molar-refractivity contribution in [3.8, 4) is 40.1 Å². The maximum absolute atomic E-state index is 14.0. The molecular weight excluding hydrogens is 648 g/mol. The van der Waals surface area contributed by atoms with Crippen molar-refractivity contribution >= 4 is 16.9 Å². The van der Waals surface area contributed by atoms with E-state index < -0.39 is 103 Å². The molecule has 0 bridgehead atoms. The highest BCUT2D eigenvalue weighted by atomic mass is 16.7. The van der Waals surface area contributed by atoms with E-state index in [9.17, 15) is 55.5 Å². The van der Waals surface area contributed by atoms with Crippen molar-refractivity contribution in [2.75, 3.05) is 20.3 Å². The van der Waals surface area contributed by atoms with E-state index in [1.54, 1.807) is 0 Å². The molecule has 18 nitrogen and oxygen atoms in total. The van der Waals surface area contributed by atoms with Gasteiger partial charge in [-0.2, -0.15) is 0 Å². The highest BCUT2D eigenvalue weighted by Gasteiger charge is 2.47. The van der Waals surface area contributed by atoms with Gasteiger partial charge in [0, 0.05) is 24.6 Å². The van der Waals surface area contributed by atoms with Crippen LogP contribution >= 0.6 is 0 Å². The molecule has 0 radical (unpaired) electrons. The van der Waals surface area contributed by atoms with Crippen molar-refractivity contribution < 1.29 is 83.6 Å². The average Bonchev–Trinajstić information content (AvgIpc) is 3.05. The van der Waals surface area contributed by atoms with Crippen LogP contribution in [0, 0.1) is 0 Å². The third-order valence-electron chi connectivity index (χ3n) is 7.80. The highest BCUT2D eigenvalue weighted by molar-refractivity contribution is 5.88. The zero-order valence-corrected chi connectivity index (χ0v) is 25.3. The smallest absolute Gasteiger partial charge is 0.302 e. The summed E-state index contributed by atoms with van der Waals surface area (Å²) < 4.78 is 38.2. The molecule has 0 aliphatic carbocycles. The Kier molecular flexibility index (Phi) is 10.3. The van der Waals surface area contributed by atoms with Gasteiger partial charge in [0.2, 0.25) is 23.8 Å². The lowest BCUT2D eigenvalue weighted by Gasteiger charge is -2.39. The second-order valence-electron chi connectivity index (χ2n) is 11.0. The van der Waals surface area contributed by atoms with Crippen LogP contribution in [-0.4, -0.2) is 134 Å². The largest absolute Gasteiger partial charge is 0.507 e. The number of aliphatic hydroxyl groups excluding tert-OH is 7. The first-order chi connectivity index (χ1) is 22.7. The summed E-state index contributed by atoms with van der Waals surface area (Å²) in [6.07, 6.45) is -17.0. The second-order valence-corrected chi connectivity index (χ2v) is 11.0. The van der Waals surface area contributed by atoms with E-state index in [2.05, 4.69) is 0 Å². The predicted molar refractivity (Wildman–Crippen MR) is 156 cm³/mol. The number of aliphatic hydroxyl groups is 7. The van der Waals surface area contributed by atoms with Gasteiger partial charge in [0.25, 0.3) is 0 Å². The van der Waals surface area contributed by atoms with Crippen molar-refractivity contribution in [3.05, 3.63) is 40.6 Å². The molecule has 0 spiro atoms. The normalized spacial score (nSPS) is 30.5. The number of carbonyl (C=O) groups is 1. The standard InChI is InChI=1S/C30H34O18/c1-10(32)43-9-18-21(36)24(39)26(41)30(47-18)48-28-22(37)19-14(34)6-12(44-29-25(40)23(38)20(35)17(8-31)46-29)7-16(19)45-27(28)11-3-4-13(33)15(5-11)42-2/h3-7,17-18,20-21,23-26,29-31,33-36,38-41H,8-9H2,1-2H3/t17-,18-,20-,21-,23+,24+,25-,26-,29-,30+/m1/s1. The predicted octanol–water partition coefficient (Wildman–Crippen LogP) is -2.19. The van der Waals surface area contributed by atoms with E-state index in [-0.39, 0.29) is 34.2 Å². The molecule has 9 N–H and O–H groups in total. The van der Waals surface area contributed by atoms with Gasteiger partial charge in [-0.25, -0.2) is 0 Å². The van der Waals surface area contributed by atoms with Gasteiger partial charge in [-0.1, -0.05) is 0 Å². The molecule has 18 heteroatoms.